The summed E-state index contributed by atoms with van der Waals surface area (Å²) in [5, 5.41) is 1.15. The van der Waals surface area contributed by atoms with E-state index in [1.165, 1.54) is 4.70 Å². The van der Waals surface area contributed by atoms with Gasteiger partial charge < -0.3 is 0 Å². The summed E-state index contributed by atoms with van der Waals surface area (Å²) in [6.45, 7) is 0. The minimum Gasteiger partial charge on any atom is -0.227 e. The van der Waals surface area contributed by atoms with Gasteiger partial charge in [0.05, 0.1) is 27.3 Å². The number of benzene rings is 6. The molecule has 0 saturated heterocycles. The van der Waals surface area contributed by atoms with Crippen molar-refractivity contribution in [3.05, 3.63) is 170 Å². The number of rotatable bonds is 6. The third-order valence-electron chi connectivity index (χ3n) is 8.73. The summed E-state index contributed by atoms with van der Waals surface area (Å²) in [5.41, 5.74) is 10.8. The topological polar surface area (TPSA) is 51.6 Å². The molecule has 0 unspecified atom stereocenters. The lowest BCUT2D eigenvalue weighted by atomic mass is 9.94. The molecule has 6 aromatic carbocycles. The largest absolute Gasteiger partial charge is 0.227 e. The molecule has 230 valence electrons. The van der Waals surface area contributed by atoms with Crippen molar-refractivity contribution in [1.29, 1.82) is 0 Å². The number of fused-ring (bicyclic) bond motifs is 3. The van der Waals surface area contributed by atoms with Gasteiger partial charge in [0.1, 0.15) is 0 Å². The van der Waals surface area contributed by atoms with Crippen molar-refractivity contribution in [2.24, 2.45) is 0 Å². The Morgan fingerprint density at radius 2 is 0.735 bits per heavy atom. The van der Waals surface area contributed by atoms with Crippen LogP contribution in [0.4, 0.5) is 0 Å². The van der Waals surface area contributed by atoms with E-state index in [4.69, 9.17) is 19.9 Å². The van der Waals surface area contributed by atoms with E-state index in [0.717, 1.165) is 71.6 Å². The van der Waals surface area contributed by atoms with Gasteiger partial charge in [-0.25, -0.2) is 19.9 Å². The van der Waals surface area contributed by atoms with Gasteiger partial charge in [0.25, 0.3) is 0 Å². The predicted octanol–water partition coefficient (Wildman–Crippen LogP) is 11.6. The minimum absolute atomic E-state index is 0.661. The molecule has 0 saturated carbocycles. The highest BCUT2D eigenvalue weighted by Gasteiger charge is 2.21. The molecule has 4 nitrogen and oxygen atoms in total. The molecule has 0 spiro atoms. The van der Waals surface area contributed by atoms with Crippen LogP contribution in [0.1, 0.15) is 0 Å². The van der Waals surface area contributed by atoms with Gasteiger partial charge in [-0.05, 0) is 11.6 Å². The van der Waals surface area contributed by atoms with E-state index in [1.54, 1.807) is 11.3 Å². The Hall–Kier alpha value is -6.30. The second-order valence-electron chi connectivity index (χ2n) is 11.8. The SMILES string of the molecule is c1ccc(-c2nc(-c3ccc(-c4nc(-c5ccccc5)c5sc6ccccc6c5n4)cc3)nc(-c3ccccc3)c2-c2ccccc2)cc1. The van der Waals surface area contributed by atoms with Crippen molar-refractivity contribution in [1.82, 2.24) is 19.9 Å². The van der Waals surface area contributed by atoms with Crippen LogP contribution < -0.4 is 0 Å². The van der Waals surface area contributed by atoms with Crippen LogP contribution in [-0.2, 0) is 0 Å². The lowest BCUT2D eigenvalue weighted by Gasteiger charge is -2.17. The Morgan fingerprint density at radius 3 is 1.27 bits per heavy atom. The van der Waals surface area contributed by atoms with Crippen LogP contribution in [0.15, 0.2) is 170 Å². The lowest BCUT2D eigenvalue weighted by molar-refractivity contribution is 1.18. The van der Waals surface area contributed by atoms with E-state index in [0.29, 0.717) is 11.6 Å². The Balaban J connectivity index is 1.21. The van der Waals surface area contributed by atoms with Crippen molar-refractivity contribution in [3.63, 3.8) is 0 Å². The van der Waals surface area contributed by atoms with Crippen LogP contribution >= 0.6 is 11.3 Å². The molecule has 5 heteroatoms. The lowest BCUT2D eigenvalue weighted by Crippen LogP contribution is -2.01. The maximum absolute atomic E-state index is 5.26. The van der Waals surface area contributed by atoms with Crippen LogP contribution in [0.25, 0.3) is 88.0 Å². The van der Waals surface area contributed by atoms with Crippen molar-refractivity contribution in [2.45, 2.75) is 0 Å². The monoisotopic (exact) mass is 644 g/mol. The first-order chi connectivity index (χ1) is 24.3. The first-order valence-corrected chi connectivity index (χ1v) is 17.1. The van der Waals surface area contributed by atoms with Crippen LogP contribution in [0.5, 0.6) is 0 Å². The smallest absolute Gasteiger partial charge is 0.160 e. The molecule has 0 bridgehead atoms. The Bertz CT molecular complexity index is 2510. The third-order valence-corrected chi connectivity index (χ3v) is 9.90. The highest BCUT2D eigenvalue weighted by Crippen LogP contribution is 2.41. The summed E-state index contributed by atoms with van der Waals surface area (Å²) in [6, 6.07) is 58.3. The van der Waals surface area contributed by atoms with E-state index >= 15 is 0 Å². The number of nitrogens with zero attached hydrogens (tertiary/aromatic N) is 4. The molecule has 49 heavy (non-hydrogen) atoms. The first-order valence-electron chi connectivity index (χ1n) is 16.2. The number of aromatic nitrogens is 4. The van der Waals surface area contributed by atoms with Gasteiger partial charge in [0.2, 0.25) is 0 Å². The number of thiophene rings is 1. The minimum atomic E-state index is 0.661. The van der Waals surface area contributed by atoms with E-state index in [2.05, 4.69) is 146 Å². The predicted molar refractivity (Wildman–Crippen MR) is 203 cm³/mol. The van der Waals surface area contributed by atoms with Gasteiger partial charge in [0.15, 0.2) is 11.6 Å². The Kier molecular flexibility index (Phi) is 7.30. The van der Waals surface area contributed by atoms with Crippen molar-refractivity contribution < 1.29 is 0 Å². The average Bonchev–Trinajstić information content (AvgIpc) is 3.57. The fourth-order valence-electron chi connectivity index (χ4n) is 6.36. The van der Waals surface area contributed by atoms with Gasteiger partial charge >= 0.3 is 0 Å². The van der Waals surface area contributed by atoms with Crippen LogP contribution in [0.2, 0.25) is 0 Å². The van der Waals surface area contributed by atoms with Crippen LogP contribution in [-0.4, -0.2) is 19.9 Å². The molecule has 0 aliphatic rings. The molecule has 0 atom stereocenters. The molecule has 3 aromatic heterocycles. The molecule has 0 fully saturated rings. The fourth-order valence-corrected chi connectivity index (χ4v) is 7.51. The highest BCUT2D eigenvalue weighted by atomic mass is 32.1. The van der Waals surface area contributed by atoms with Gasteiger partial charge in [0, 0.05) is 43.5 Å². The normalized spacial score (nSPS) is 11.3. The quantitative estimate of drug-likeness (QED) is 0.181. The maximum Gasteiger partial charge on any atom is 0.160 e. The molecular formula is C44H28N4S. The summed E-state index contributed by atoms with van der Waals surface area (Å²) < 4.78 is 2.30. The van der Waals surface area contributed by atoms with Crippen molar-refractivity contribution in [3.8, 4) is 67.7 Å². The zero-order valence-corrected chi connectivity index (χ0v) is 27.2. The fraction of sp³-hybridized carbons (Fsp3) is 0. The van der Waals surface area contributed by atoms with E-state index in [1.807, 2.05) is 24.3 Å². The van der Waals surface area contributed by atoms with Crippen LogP contribution in [0.3, 0.4) is 0 Å². The second-order valence-corrected chi connectivity index (χ2v) is 12.9. The second kappa shape index (κ2) is 12.4. The van der Waals surface area contributed by atoms with Gasteiger partial charge in [-0.3, -0.25) is 0 Å². The zero-order chi connectivity index (χ0) is 32.6. The summed E-state index contributed by atoms with van der Waals surface area (Å²) >= 11 is 1.74. The van der Waals surface area contributed by atoms with E-state index in [9.17, 15) is 0 Å². The first kappa shape index (κ1) is 28.9. The van der Waals surface area contributed by atoms with Crippen LogP contribution in [0, 0.1) is 0 Å². The summed E-state index contributed by atoms with van der Waals surface area (Å²) in [5.74, 6) is 1.35. The summed E-state index contributed by atoms with van der Waals surface area (Å²) in [7, 11) is 0. The number of hydrogen-bond acceptors (Lipinski definition) is 5. The summed E-state index contributed by atoms with van der Waals surface area (Å²) in [6.07, 6.45) is 0. The molecule has 0 aliphatic carbocycles. The number of hydrogen-bond donors (Lipinski definition) is 0. The maximum atomic E-state index is 5.26. The molecule has 9 rings (SSSR count). The van der Waals surface area contributed by atoms with Gasteiger partial charge in [-0.15, -0.1) is 11.3 Å². The van der Waals surface area contributed by atoms with Gasteiger partial charge in [-0.2, -0.15) is 0 Å². The Labute approximate surface area is 288 Å². The molecule has 0 amide bonds. The third kappa shape index (κ3) is 5.36. The molecular weight excluding hydrogens is 617 g/mol. The zero-order valence-electron chi connectivity index (χ0n) is 26.4. The van der Waals surface area contributed by atoms with Crippen molar-refractivity contribution in [2.75, 3.05) is 0 Å². The van der Waals surface area contributed by atoms with Gasteiger partial charge in [-0.1, -0.05) is 164 Å². The highest BCUT2D eigenvalue weighted by molar-refractivity contribution is 7.26. The standard InChI is InChI=1S/C44H28N4S/c1-5-15-29(16-6-1)37-38(30-17-7-2-8-18-30)45-43(46-39(37)31-19-9-3-10-20-31)33-25-27-34(28-26-33)44-47-40(32-21-11-4-12-22-32)42-41(48-44)35-23-13-14-24-36(35)49-42/h1-28H. The molecule has 9 aromatic rings. The molecule has 3 heterocycles. The average molecular weight is 645 g/mol. The Morgan fingerprint density at radius 1 is 0.327 bits per heavy atom. The summed E-state index contributed by atoms with van der Waals surface area (Å²) in [4.78, 5) is 20.8. The van der Waals surface area contributed by atoms with E-state index < -0.39 is 0 Å². The molecule has 0 radical (unpaired) electrons. The van der Waals surface area contributed by atoms with Crippen molar-refractivity contribution >= 4 is 31.6 Å². The van der Waals surface area contributed by atoms with E-state index in [-0.39, 0.29) is 0 Å². The molecule has 0 N–H and O–H groups in total. The molecule has 0 aliphatic heterocycles.